The van der Waals surface area contributed by atoms with Gasteiger partial charge in [-0.2, -0.15) is 0 Å². The molecule has 0 radical (unpaired) electrons. The number of hydrogen-bond acceptors (Lipinski definition) is 6. The van der Waals surface area contributed by atoms with Crippen molar-refractivity contribution in [1.82, 2.24) is 0 Å². The first-order valence-corrected chi connectivity index (χ1v) is 8.55. The number of anilines is 2. The van der Waals surface area contributed by atoms with Gasteiger partial charge in [-0.3, -0.25) is 0 Å². The molecule has 0 fully saturated rings. The number of aromatic hydroxyl groups is 2. The summed E-state index contributed by atoms with van der Waals surface area (Å²) in [7, 11) is 0. The molecule has 0 amide bonds. The van der Waals surface area contributed by atoms with E-state index >= 15 is 0 Å². The van der Waals surface area contributed by atoms with Crippen LogP contribution in [0.1, 0.15) is 31.8 Å². The van der Waals surface area contributed by atoms with E-state index in [0.29, 0.717) is 17.9 Å². The standard InChI is InChI=1S/C21H15NO7/c23-15-3-1-11(7-16(15)24)5-10-2-4-17-14(6-10)22-19-13(21(27)28)8-12(20(25)26)9-18(19)29-17/h1-4,6-9,22-24H,5H2,(H,25,26)(H,27,28). The Morgan fingerprint density at radius 1 is 0.828 bits per heavy atom. The number of carboxylic acids is 2. The van der Waals surface area contributed by atoms with Crippen LogP contribution in [0.2, 0.25) is 0 Å². The fraction of sp³-hybridized carbons (Fsp3) is 0.0476. The minimum atomic E-state index is -1.28. The Morgan fingerprint density at radius 3 is 2.24 bits per heavy atom. The fourth-order valence-corrected chi connectivity index (χ4v) is 3.16. The lowest BCUT2D eigenvalue weighted by molar-refractivity contribution is 0.0696. The van der Waals surface area contributed by atoms with E-state index in [-0.39, 0.29) is 34.1 Å². The lowest BCUT2D eigenvalue weighted by Gasteiger charge is -2.24. The van der Waals surface area contributed by atoms with E-state index in [1.165, 1.54) is 18.2 Å². The summed E-state index contributed by atoms with van der Waals surface area (Å²) in [4.78, 5) is 22.9. The molecule has 0 saturated heterocycles. The van der Waals surface area contributed by atoms with E-state index in [1.807, 2.05) is 0 Å². The van der Waals surface area contributed by atoms with E-state index in [4.69, 9.17) is 4.74 Å². The van der Waals surface area contributed by atoms with E-state index < -0.39 is 11.9 Å². The molecule has 5 N–H and O–H groups in total. The number of hydrogen-bond donors (Lipinski definition) is 5. The molecule has 1 heterocycles. The number of phenolic OH excluding ortho intramolecular Hbond substituents is 2. The molecular weight excluding hydrogens is 378 g/mol. The molecule has 8 heteroatoms. The summed E-state index contributed by atoms with van der Waals surface area (Å²) in [6.07, 6.45) is 0.458. The number of benzene rings is 3. The Labute approximate surface area is 164 Å². The van der Waals surface area contributed by atoms with Gasteiger partial charge in [-0.15, -0.1) is 0 Å². The molecule has 0 aromatic heterocycles. The summed E-state index contributed by atoms with van der Waals surface area (Å²) in [5.41, 5.74) is 1.94. The Morgan fingerprint density at radius 2 is 1.55 bits per heavy atom. The van der Waals surface area contributed by atoms with Crippen LogP contribution in [0.25, 0.3) is 0 Å². The van der Waals surface area contributed by atoms with Gasteiger partial charge in [-0.1, -0.05) is 12.1 Å². The number of aromatic carboxylic acids is 2. The number of carbonyl (C=O) groups is 2. The molecule has 3 aromatic carbocycles. The summed E-state index contributed by atoms with van der Waals surface area (Å²) in [5.74, 6) is -2.40. The number of carboxylic acid groups (broad SMARTS) is 2. The van der Waals surface area contributed by atoms with Gasteiger partial charge in [0.05, 0.1) is 22.5 Å². The molecule has 4 rings (SSSR count). The van der Waals surface area contributed by atoms with Crippen LogP contribution in [0, 0.1) is 0 Å². The second-order valence-corrected chi connectivity index (χ2v) is 6.56. The fourth-order valence-electron chi connectivity index (χ4n) is 3.16. The normalized spacial score (nSPS) is 11.6. The van der Waals surface area contributed by atoms with Gasteiger partial charge in [-0.25, -0.2) is 9.59 Å². The van der Waals surface area contributed by atoms with E-state index in [2.05, 4.69) is 5.32 Å². The van der Waals surface area contributed by atoms with E-state index in [9.17, 15) is 30.0 Å². The van der Waals surface area contributed by atoms with Crippen molar-refractivity contribution < 1.29 is 34.8 Å². The summed E-state index contributed by atoms with van der Waals surface area (Å²) in [6, 6.07) is 12.2. The van der Waals surface area contributed by atoms with E-state index in [1.54, 1.807) is 24.3 Å². The minimum absolute atomic E-state index is 0.117. The number of rotatable bonds is 4. The highest BCUT2D eigenvalue weighted by Gasteiger charge is 2.25. The molecule has 1 aliphatic rings. The number of nitrogens with one attached hydrogen (secondary N) is 1. The summed E-state index contributed by atoms with van der Waals surface area (Å²) < 4.78 is 5.74. The Kier molecular flexibility index (Phi) is 4.23. The van der Waals surface area contributed by atoms with Crippen LogP contribution in [0.4, 0.5) is 11.4 Å². The maximum Gasteiger partial charge on any atom is 0.337 e. The molecule has 8 nitrogen and oxygen atoms in total. The van der Waals surface area contributed by atoms with Gasteiger partial charge >= 0.3 is 11.9 Å². The number of fused-ring (bicyclic) bond motifs is 2. The molecule has 0 aliphatic carbocycles. The molecule has 0 atom stereocenters. The first-order valence-electron chi connectivity index (χ1n) is 8.55. The predicted molar refractivity (Wildman–Crippen MR) is 103 cm³/mol. The maximum atomic E-state index is 11.6. The molecule has 1 aliphatic heterocycles. The zero-order valence-corrected chi connectivity index (χ0v) is 14.8. The van der Waals surface area contributed by atoms with Crippen LogP contribution in [-0.4, -0.2) is 32.4 Å². The third kappa shape index (κ3) is 3.39. The van der Waals surface area contributed by atoms with Crippen LogP contribution in [0.5, 0.6) is 23.0 Å². The van der Waals surface area contributed by atoms with Crippen molar-refractivity contribution in [2.24, 2.45) is 0 Å². The summed E-state index contributed by atoms with van der Waals surface area (Å²) in [6.45, 7) is 0. The highest BCUT2D eigenvalue weighted by atomic mass is 16.5. The van der Waals surface area contributed by atoms with Crippen LogP contribution in [-0.2, 0) is 6.42 Å². The topological polar surface area (TPSA) is 136 Å². The van der Waals surface area contributed by atoms with Gasteiger partial charge in [0, 0.05) is 0 Å². The Balaban J connectivity index is 1.69. The average Bonchev–Trinajstić information content (AvgIpc) is 2.68. The quantitative estimate of drug-likeness (QED) is 0.329. The Hall–Kier alpha value is -4.20. The maximum absolute atomic E-state index is 11.6. The lowest BCUT2D eigenvalue weighted by atomic mass is 10.0. The van der Waals surface area contributed by atoms with Gasteiger partial charge < -0.3 is 30.5 Å². The first kappa shape index (κ1) is 18.2. The van der Waals surface area contributed by atoms with Crippen molar-refractivity contribution in [2.45, 2.75) is 6.42 Å². The van der Waals surface area contributed by atoms with Gasteiger partial charge in [0.2, 0.25) is 0 Å². The summed E-state index contributed by atoms with van der Waals surface area (Å²) >= 11 is 0. The molecule has 0 unspecified atom stereocenters. The van der Waals surface area contributed by atoms with Crippen molar-refractivity contribution in [2.75, 3.05) is 5.32 Å². The SMILES string of the molecule is O=C(O)c1cc2c(c(C(=O)O)c1)Nc1cc(Cc3ccc(O)c(O)c3)ccc1O2. The van der Waals surface area contributed by atoms with Crippen molar-refractivity contribution in [3.63, 3.8) is 0 Å². The molecule has 0 saturated carbocycles. The molecular formula is C21H15NO7. The van der Waals surface area contributed by atoms with Gasteiger partial charge in [0.15, 0.2) is 23.0 Å². The van der Waals surface area contributed by atoms with Gasteiger partial charge in [0.25, 0.3) is 0 Å². The van der Waals surface area contributed by atoms with E-state index in [0.717, 1.165) is 17.2 Å². The first-order chi connectivity index (χ1) is 13.8. The second kappa shape index (κ2) is 6.75. The van der Waals surface area contributed by atoms with Crippen LogP contribution in [0.15, 0.2) is 48.5 Å². The number of phenols is 2. The molecule has 0 spiro atoms. The third-order valence-corrected chi connectivity index (χ3v) is 4.55. The van der Waals surface area contributed by atoms with Gasteiger partial charge in [-0.05, 0) is 53.9 Å². The zero-order valence-electron chi connectivity index (χ0n) is 14.8. The van der Waals surface area contributed by atoms with Gasteiger partial charge in [0.1, 0.15) is 0 Å². The highest BCUT2D eigenvalue weighted by molar-refractivity contribution is 6.02. The molecule has 0 bridgehead atoms. The minimum Gasteiger partial charge on any atom is -0.504 e. The largest absolute Gasteiger partial charge is 0.504 e. The predicted octanol–water partition coefficient (Wildman–Crippen LogP) is 3.93. The molecule has 3 aromatic rings. The highest BCUT2D eigenvalue weighted by Crippen LogP contribution is 2.44. The van der Waals surface area contributed by atoms with Crippen molar-refractivity contribution in [1.29, 1.82) is 0 Å². The monoisotopic (exact) mass is 393 g/mol. The summed E-state index contributed by atoms with van der Waals surface area (Å²) in [5, 5.41) is 40.7. The van der Waals surface area contributed by atoms with Crippen molar-refractivity contribution in [3.8, 4) is 23.0 Å². The zero-order chi connectivity index (χ0) is 20.7. The van der Waals surface area contributed by atoms with Crippen molar-refractivity contribution >= 4 is 23.3 Å². The van der Waals surface area contributed by atoms with Crippen molar-refractivity contribution in [3.05, 3.63) is 70.8 Å². The third-order valence-electron chi connectivity index (χ3n) is 4.55. The van der Waals surface area contributed by atoms with Crippen LogP contribution >= 0.6 is 0 Å². The molecule has 29 heavy (non-hydrogen) atoms. The molecule has 146 valence electrons. The number of ether oxygens (including phenoxy) is 1. The Bertz CT molecular complexity index is 1170. The lowest BCUT2D eigenvalue weighted by Crippen LogP contribution is -2.11. The smallest absolute Gasteiger partial charge is 0.337 e. The second-order valence-electron chi connectivity index (χ2n) is 6.56. The van der Waals surface area contributed by atoms with Crippen LogP contribution < -0.4 is 10.1 Å². The average molecular weight is 393 g/mol. The van der Waals surface area contributed by atoms with Crippen LogP contribution in [0.3, 0.4) is 0 Å².